The van der Waals surface area contributed by atoms with Gasteiger partial charge in [-0.15, -0.1) is 0 Å². The van der Waals surface area contributed by atoms with Crippen molar-refractivity contribution < 1.29 is 42.1 Å². The van der Waals surface area contributed by atoms with E-state index in [1.165, 1.54) is 77.0 Å². The number of likely N-dealkylation sites (N-methyl/N-ethyl adjacent to an activating group) is 1. The average molecular weight is 1110 g/mol. The SMILES string of the molecule is CC/C=C\C/C=C\C/C=C\C/C=C\C/C=C\C/C=C\C/C=C\C/C=C\C/C=C\C/C=C\C/C=C\CCCCCCCC(=O)OC(COC(=O)CCCCCCCCCCCCCCCCC)COP(=O)(O)OCC[N+](C)(C)C. The Morgan fingerprint density at radius 2 is 0.731 bits per heavy atom. The molecule has 10 heteroatoms. The van der Waals surface area contributed by atoms with Crippen molar-refractivity contribution in [1.82, 2.24) is 0 Å². The second kappa shape index (κ2) is 57.8. The molecule has 0 saturated carbocycles. The van der Waals surface area contributed by atoms with Crippen LogP contribution in [0.25, 0.3) is 0 Å². The second-order valence-electron chi connectivity index (χ2n) is 21.4. The van der Waals surface area contributed by atoms with E-state index in [0.29, 0.717) is 17.4 Å². The number of hydrogen-bond acceptors (Lipinski definition) is 7. The average Bonchev–Trinajstić information content (AvgIpc) is 3.41. The normalized spacial score (nSPS) is 14.2. The largest absolute Gasteiger partial charge is 0.472 e. The number of carbonyl (C=O) groups excluding carboxylic acids is 2. The molecule has 0 heterocycles. The summed E-state index contributed by atoms with van der Waals surface area (Å²) in [7, 11) is 1.45. The van der Waals surface area contributed by atoms with E-state index in [1.54, 1.807) is 0 Å². The van der Waals surface area contributed by atoms with E-state index in [4.69, 9.17) is 18.5 Å². The zero-order chi connectivity index (χ0) is 57.0. The van der Waals surface area contributed by atoms with Crippen molar-refractivity contribution in [3.05, 3.63) is 134 Å². The fraction of sp³-hybridized carbons (Fsp3) is 0.647. The van der Waals surface area contributed by atoms with E-state index in [9.17, 15) is 19.0 Å². The number of hydrogen-bond donors (Lipinski definition) is 1. The molecule has 0 rings (SSSR count). The highest BCUT2D eigenvalue weighted by molar-refractivity contribution is 7.47. The molecule has 1 N–H and O–H groups in total. The molecule has 0 saturated heterocycles. The van der Waals surface area contributed by atoms with Gasteiger partial charge in [0, 0.05) is 12.8 Å². The number of unbranched alkanes of at least 4 members (excludes halogenated alkanes) is 19. The first-order valence-electron chi connectivity index (χ1n) is 30.9. The second-order valence-corrected chi connectivity index (χ2v) is 22.8. The van der Waals surface area contributed by atoms with Gasteiger partial charge in [0.1, 0.15) is 19.8 Å². The number of esters is 2. The molecule has 444 valence electrons. The van der Waals surface area contributed by atoms with Crippen molar-refractivity contribution in [2.24, 2.45) is 0 Å². The maximum absolute atomic E-state index is 12.8. The minimum Gasteiger partial charge on any atom is -0.462 e. The molecule has 0 spiro atoms. The summed E-state index contributed by atoms with van der Waals surface area (Å²) in [6, 6.07) is 0. The minimum absolute atomic E-state index is 0.0222. The maximum atomic E-state index is 12.8. The first-order chi connectivity index (χ1) is 38.0. The monoisotopic (exact) mass is 1100 g/mol. The predicted molar refractivity (Wildman–Crippen MR) is 334 cm³/mol. The zero-order valence-corrected chi connectivity index (χ0v) is 51.2. The number of rotatable bonds is 55. The van der Waals surface area contributed by atoms with Crippen molar-refractivity contribution in [3.8, 4) is 0 Å². The van der Waals surface area contributed by atoms with Crippen LogP contribution in [0.4, 0.5) is 0 Å². The summed E-state index contributed by atoms with van der Waals surface area (Å²) in [4.78, 5) is 35.7. The standard InChI is InChI=1S/C68H114NO8P/c1-6-8-10-12-14-16-18-20-22-23-24-25-26-27-28-29-30-31-32-33-34-35-36-37-38-39-40-41-42-43-44-45-47-49-51-53-55-57-59-61-68(71)77-66(65-76-78(72,73)75-63-62-69(3,4)5)64-74-67(70)60-58-56-54-52-50-48-46-21-19-17-15-13-11-9-7-2/h8,10,14,16,20,22,24-25,27-28,30-31,33-34,36-37,39-40,42-43,45,47,66H,6-7,9,11-13,15,17-19,21,23,26,29,32,35,38,41,44,46,48-65H2,1-5H3/p+1/b10-8-,16-14-,22-20-,25-24-,28-27-,31-30-,34-33-,37-36-,40-39-,43-42-,47-45-. The molecular formula is C68H115NO8P+. The molecule has 2 atom stereocenters. The van der Waals surface area contributed by atoms with E-state index >= 15 is 0 Å². The molecule has 0 bridgehead atoms. The summed E-state index contributed by atoms with van der Waals surface area (Å²) in [5.41, 5.74) is 0. The van der Waals surface area contributed by atoms with Gasteiger partial charge in [-0.05, 0) is 96.3 Å². The van der Waals surface area contributed by atoms with Crippen LogP contribution in [0.1, 0.15) is 232 Å². The van der Waals surface area contributed by atoms with Crippen LogP contribution in [-0.2, 0) is 32.7 Å². The number of ether oxygens (including phenoxy) is 2. The molecule has 0 aliphatic carbocycles. The molecule has 0 amide bonds. The predicted octanol–water partition coefficient (Wildman–Crippen LogP) is 19.7. The van der Waals surface area contributed by atoms with Crippen LogP contribution in [0, 0.1) is 0 Å². The summed E-state index contributed by atoms with van der Waals surface area (Å²) in [5.74, 6) is -0.823. The fourth-order valence-electron chi connectivity index (χ4n) is 7.96. The first kappa shape index (κ1) is 74.2. The van der Waals surface area contributed by atoms with E-state index in [1.807, 2.05) is 21.1 Å². The lowest BCUT2D eigenvalue weighted by atomic mass is 10.0. The van der Waals surface area contributed by atoms with Gasteiger partial charge in [-0.3, -0.25) is 18.6 Å². The van der Waals surface area contributed by atoms with Gasteiger partial charge in [0.25, 0.3) is 0 Å². The van der Waals surface area contributed by atoms with E-state index in [2.05, 4.69) is 148 Å². The maximum Gasteiger partial charge on any atom is 0.472 e. The first-order valence-corrected chi connectivity index (χ1v) is 32.4. The van der Waals surface area contributed by atoms with Crippen molar-refractivity contribution in [1.29, 1.82) is 0 Å². The molecule has 78 heavy (non-hydrogen) atoms. The third kappa shape index (κ3) is 61.4. The molecule has 0 aromatic rings. The van der Waals surface area contributed by atoms with Crippen molar-refractivity contribution in [3.63, 3.8) is 0 Å². The highest BCUT2D eigenvalue weighted by atomic mass is 31.2. The fourth-order valence-corrected chi connectivity index (χ4v) is 8.70. The number of nitrogens with zero attached hydrogens (tertiary/aromatic N) is 1. The lowest BCUT2D eigenvalue weighted by Gasteiger charge is -2.24. The van der Waals surface area contributed by atoms with Crippen LogP contribution in [0.2, 0.25) is 0 Å². The molecular weight excluding hydrogens is 990 g/mol. The van der Waals surface area contributed by atoms with Gasteiger partial charge in [-0.1, -0.05) is 257 Å². The van der Waals surface area contributed by atoms with Crippen LogP contribution >= 0.6 is 7.82 Å². The Morgan fingerprint density at radius 3 is 1.09 bits per heavy atom. The lowest BCUT2D eigenvalue weighted by molar-refractivity contribution is -0.870. The van der Waals surface area contributed by atoms with Crippen LogP contribution in [0.15, 0.2) is 134 Å². The van der Waals surface area contributed by atoms with Gasteiger partial charge >= 0.3 is 19.8 Å². The Hall–Kier alpha value is -3.85. The Morgan fingerprint density at radius 1 is 0.410 bits per heavy atom. The quantitative estimate of drug-likeness (QED) is 0.0211. The number of quaternary nitrogens is 1. The number of phosphoric ester groups is 1. The highest BCUT2D eigenvalue weighted by Crippen LogP contribution is 2.43. The van der Waals surface area contributed by atoms with Crippen LogP contribution in [0.3, 0.4) is 0 Å². The van der Waals surface area contributed by atoms with Gasteiger partial charge in [0.05, 0.1) is 27.7 Å². The summed E-state index contributed by atoms with van der Waals surface area (Å²) >= 11 is 0. The summed E-state index contributed by atoms with van der Waals surface area (Å²) in [6.45, 7) is 4.29. The summed E-state index contributed by atoms with van der Waals surface area (Å²) < 4.78 is 34.5. The van der Waals surface area contributed by atoms with Crippen molar-refractivity contribution >= 4 is 19.8 Å². The zero-order valence-electron chi connectivity index (χ0n) is 50.3. The van der Waals surface area contributed by atoms with Gasteiger partial charge in [-0.25, -0.2) is 4.57 Å². The minimum atomic E-state index is -4.40. The Kier molecular flexibility index (Phi) is 55.0. The molecule has 0 radical (unpaired) electrons. The molecule has 0 aliphatic heterocycles. The number of carbonyl (C=O) groups is 2. The van der Waals surface area contributed by atoms with Gasteiger partial charge in [0.2, 0.25) is 0 Å². The molecule has 0 fully saturated rings. The van der Waals surface area contributed by atoms with Crippen LogP contribution in [0.5, 0.6) is 0 Å². The third-order valence-corrected chi connectivity index (χ3v) is 13.7. The molecule has 0 aromatic heterocycles. The van der Waals surface area contributed by atoms with Gasteiger partial charge in [-0.2, -0.15) is 0 Å². The van der Waals surface area contributed by atoms with Gasteiger partial charge in [0.15, 0.2) is 6.10 Å². The molecule has 9 nitrogen and oxygen atoms in total. The Bertz CT molecular complexity index is 1780. The van der Waals surface area contributed by atoms with Crippen molar-refractivity contribution in [2.45, 2.75) is 238 Å². The lowest BCUT2D eigenvalue weighted by Crippen LogP contribution is -2.37. The molecule has 0 aromatic carbocycles. The van der Waals surface area contributed by atoms with Gasteiger partial charge < -0.3 is 18.9 Å². The molecule has 0 aliphatic rings. The summed E-state index contributed by atoms with van der Waals surface area (Å²) in [6.07, 6.45) is 83.9. The summed E-state index contributed by atoms with van der Waals surface area (Å²) in [5, 5.41) is 0. The molecule has 2 unspecified atom stereocenters. The Balaban J connectivity index is 4.17. The van der Waals surface area contributed by atoms with E-state index < -0.39 is 26.5 Å². The van der Waals surface area contributed by atoms with E-state index in [-0.39, 0.29) is 32.0 Å². The number of allylic oxidation sites excluding steroid dienone is 22. The third-order valence-electron chi connectivity index (χ3n) is 12.7. The smallest absolute Gasteiger partial charge is 0.462 e. The van der Waals surface area contributed by atoms with Crippen LogP contribution < -0.4 is 0 Å². The highest BCUT2D eigenvalue weighted by Gasteiger charge is 2.27. The van der Waals surface area contributed by atoms with Crippen LogP contribution in [-0.4, -0.2) is 74.9 Å². The topological polar surface area (TPSA) is 108 Å². The van der Waals surface area contributed by atoms with Crippen molar-refractivity contribution in [2.75, 3.05) is 47.5 Å². The number of phosphoric acid groups is 1. The van der Waals surface area contributed by atoms with E-state index in [0.717, 1.165) is 122 Å². The Labute approximate surface area is 479 Å².